The van der Waals surface area contributed by atoms with Crippen LogP contribution in [0.25, 0.3) is 21.9 Å². The number of aromatic nitrogens is 3. The Morgan fingerprint density at radius 2 is 2.07 bits per heavy atom. The van der Waals surface area contributed by atoms with Gasteiger partial charge in [0.2, 0.25) is 0 Å². The summed E-state index contributed by atoms with van der Waals surface area (Å²) in [5.41, 5.74) is 3.72. The monoisotopic (exact) mass is 374 g/mol. The Hall–Kier alpha value is -3.74. The Morgan fingerprint density at radius 3 is 2.82 bits per heavy atom. The van der Waals surface area contributed by atoms with Crippen LogP contribution in [0.1, 0.15) is 21.7 Å². The molecule has 0 aliphatic carbocycles. The third-order valence-electron chi connectivity index (χ3n) is 4.67. The van der Waals surface area contributed by atoms with Crippen molar-refractivity contribution in [3.05, 3.63) is 82.4 Å². The molecule has 3 aromatic heterocycles. The topological polar surface area (TPSA) is 90.0 Å². The van der Waals surface area contributed by atoms with E-state index in [0.717, 1.165) is 27.8 Å². The number of carbonyl (C=O) groups is 1. The molecule has 1 N–H and O–H groups in total. The fourth-order valence-electron chi connectivity index (χ4n) is 3.17. The summed E-state index contributed by atoms with van der Waals surface area (Å²) in [7, 11) is 1.56. The van der Waals surface area contributed by atoms with Crippen molar-refractivity contribution < 1.29 is 9.32 Å². The molecule has 140 valence electrons. The third kappa shape index (κ3) is 3.18. The van der Waals surface area contributed by atoms with Gasteiger partial charge in [-0.1, -0.05) is 11.2 Å². The summed E-state index contributed by atoms with van der Waals surface area (Å²) in [6.07, 6.45) is 4.93. The molecular weight excluding hydrogens is 356 g/mol. The Morgan fingerprint density at radius 1 is 1.21 bits per heavy atom. The van der Waals surface area contributed by atoms with Crippen molar-refractivity contribution in [1.82, 2.24) is 20.0 Å². The molecule has 0 saturated carbocycles. The van der Waals surface area contributed by atoms with Gasteiger partial charge in [-0.2, -0.15) is 0 Å². The average Bonchev–Trinajstić information content (AvgIpc) is 3.15. The lowest BCUT2D eigenvalue weighted by Gasteiger charge is -2.09. The molecule has 4 rings (SSSR count). The van der Waals surface area contributed by atoms with Crippen LogP contribution in [0.2, 0.25) is 0 Å². The summed E-state index contributed by atoms with van der Waals surface area (Å²) < 4.78 is 6.63. The second-order valence-corrected chi connectivity index (χ2v) is 6.49. The van der Waals surface area contributed by atoms with Gasteiger partial charge in [0, 0.05) is 30.4 Å². The van der Waals surface area contributed by atoms with E-state index in [4.69, 9.17) is 4.52 Å². The first-order chi connectivity index (χ1) is 13.6. The van der Waals surface area contributed by atoms with Crippen molar-refractivity contribution in [2.24, 2.45) is 0 Å². The van der Waals surface area contributed by atoms with Crippen molar-refractivity contribution in [3.8, 4) is 11.1 Å². The molecule has 0 unspecified atom stereocenters. The number of pyridine rings is 2. The van der Waals surface area contributed by atoms with E-state index < -0.39 is 0 Å². The highest BCUT2D eigenvalue weighted by atomic mass is 16.5. The molecule has 0 aliphatic heterocycles. The lowest BCUT2D eigenvalue weighted by Crippen LogP contribution is -2.21. The molecule has 0 bridgehead atoms. The molecule has 1 aromatic carbocycles. The van der Waals surface area contributed by atoms with Gasteiger partial charge in [0.15, 0.2) is 0 Å². The van der Waals surface area contributed by atoms with Gasteiger partial charge in [-0.25, -0.2) is 0 Å². The zero-order valence-corrected chi connectivity index (χ0v) is 15.5. The van der Waals surface area contributed by atoms with Crippen LogP contribution >= 0.6 is 0 Å². The van der Waals surface area contributed by atoms with Crippen molar-refractivity contribution in [2.45, 2.75) is 13.5 Å². The molecule has 0 fully saturated rings. The SMILES string of the molecule is CNC(=O)c1cc(Cn2ccc3cc(-c4conc4C)ccc3c2=O)ccn1. The highest BCUT2D eigenvalue weighted by molar-refractivity contribution is 5.92. The molecule has 0 aliphatic rings. The first-order valence-electron chi connectivity index (χ1n) is 8.78. The van der Waals surface area contributed by atoms with Gasteiger partial charge in [-0.15, -0.1) is 0 Å². The number of aryl methyl sites for hydroxylation is 1. The van der Waals surface area contributed by atoms with E-state index in [0.29, 0.717) is 17.6 Å². The molecule has 7 nitrogen and oxygen atoms in total. The minimum Gasteiger partial charge on any atom is -0.364 e. The highest BCUT2D eigenvalue weighted by Gasteiger charge is 2.10. The lowest BCUT2D eigenvalue weighted by molar-refractivity contribution is 0.0958. The molecular formula is C21H18N4O3. The van der Waals surface area contributed by atoms with Crippen molar-refractivity contribution in [1.29, 1.82) is 0 Å². The molecule has 4 aromatic rings. The quantitative estimate of drug-likeness (QED) is 0.593. The molecule has 7 heteroatoms. The number of amides is 1. The van der Waals surface area contributed by atoms with Crippen LogP contribution in [0.4, 0.5) is 0 Å². The molecule has 3 heterocycles. The van der Waals surface area contributed by atoms with Crippen LogP contribution < -0.4 is 10.9 Å². The number of fused-ring (bicyclic) bond motifs is 1. The van der Waals surface area contributed by atoms with Crippen LogP contribution in [-0.4, -0.2) is 27.7 Å². The van der Waals surface area contributed by atoms with E-state index in [1.807, 2.05) is 31.2 Å². The maximum Gasteiger partial charge on any atom is 0.269 e. The Kier molecular flexibility index (Phi) is 4.49. The third-order valence-corrected chi connectivity index (χ3v) is 4.67. The van der Waals surface area contributed by atoms with Gasteiger partial charge in [0.25, 0.3) is 11.5 Å². The highest BCUT2D eigenvalue weighted by Crippen LogP contribution is 2.25. The van der Waals surface area contributed by atoms with E-state index in [1.165, 1.54) is 0 Å². The maximum absolute atomic E-state index is 12.9. The van der Waals surface area contributed by atoms with E-state index in [-0.39, 0.29) is 11.5 Å². The molecule has 1 amide bonds. The Balaban J connectivity index is 1.70. The van der Waals surface area contributed by atoms with E-state index in [9.17, 15) is 9.59 Å². The second kappa shape index (κ2) is 7.11. The van der Waals surface area contributed by atoms with Gasteiger partial charge in [0.1, 0.15) is 12.0 Å². The summed E-state index contributed by atoms with van der Waals surface area (Å²) >= 11 is 0. The van der Waals surface area contributed by atoms with Crippen LogP contribution in [0, 0.1) is 6.92 Å². The average molecular weight is 374 g/mol. The van der Waals surface area contributed by atoms with E-state index >= 15 is 0 Å². The van der Waals surface area contributed by atoms with E-state index in [1.54, 1.807) is 42.4 Å². The standard InChI is InChI=1S/C21H18N4O3/c1-13-18(12-28-24-13)15-3-4-17-16(10-15)6-8-25(21(17)27)11-14-5-7-23-19(9-14)20(26)22-2/h3-10,12H,11H2,1-2H3,(H,22,26). The molecule has 28 heavy (non-hydrogen) atoms. The van der Waals surface area contributed by atoms with Crippen LogP contribution in [0.15, 0.2) is 64.4 Å². The molecule has 0 atom stereocenters. The Labute approximate surface area is 160 Å². The zero-order valence-electron chi connectivity index (χ0n) is 15.5. The summed E-state index contributed by atoms with van der Waals surface area (Å²) in [5.74, 6) is -0.260. The second-order valence-electron chi connectivity index (χ2n) is 6.49. The largest absolute Gasteiger partial charge is 0.364 e. The first kappa shape index (κ1) is 17.7. The number of carbonyl (C=O) groups excluding carboxylic acids is 1. The Bertz CT molecular complexity index is 1240. The number of hydrogen-bond acceptors (Lipinski definition) is 5. The summed E-state index contributed by atoms with van der Waals surface area (Å²) in [4.78, 5) is 28.7. The first-order valence-corrected chi connectivity index (χ1v) is 8.78. The predicted molar refractivity (Wildman–Crippen MR) is 105 cm³/mol. The number of benzene rings is 1. The van der Waals surface area contributed by atoms with E-state index in [2.05, 4.69) is 15.5 Å². The van der Waals surface area contributed by atoms with Crippen molar-refractivity contribution in [2.75, 3.05) is 7.05 Å². The van der Waals surface area contributed by atoms with Gasteiger partial charge >= 0.3 is 0 Å². The summed E-state index contributed by atoms with van der Waals surface area (Å²) in [6.45, 7) is 2.23. The zero-order chi connectivity index (χ0) is 19.7. The predicted octanol–water partition coefficient (Wildman–Crippen LogP) is 2.77. The molecule has 0 radical (unpaired) electrons. The van der Waals surface area contributed by atoms with Crippen molar-refractivity contribution in [3.63, 3.8) is 0 Å². The number of hydrogen-bond donors (Lipinski definition) is 1. The van der Waals surface area contributed by atoms with Gasteiger partial charge < -0.3 is 14.4 Å². The molecule has 0 saturated heterocycles. The van der Waals surface area contributed by atoms with Crippen LogP contribution in [-0.2, 0) is 6.54 Å². The van der Waals surface area contributed by atoms with Crippen LogP contribution in [0.3, 0.4) is 0 Å². The fourth-order valence-corrected chi connectivity index (χ4v) is 3.17. The fraction of sp³-hybridized carbons (Fsp3) is 0.143. The van der Waals surface area contributed by atoms with Gasteiger partial charge in [-0.05, 0) is 53.8 Å². The number of rotatable bonds is 4. The minimum atomic E-state index is -0.260. The normalized spacial score (nSPS) is 10.9. The lowest BCUT2D eigenvalue weighted by atomic mass is 10.0. The molecule has 0 spiro atoms. The minimum absolute atomic E-state index is 0.0932. The van der Waals surface area contributed by atoms with Crippen LogP contribution in [0.5, 0.6) is 0 Å². The maximum atomic E-state index is 12.9. The van der Waals surface area contributed by atoms with Gasteiger partial charge in [0.05, 0.1) is 12.2 Å². The van der Waals surface area contributed by atoms with Gasteiger partial charge in [-0.3, -0.25) is 14.6 Å². The number of nitrogens with one attached hydrogen (secondary N) is 1. The number of nitrogens with zero attached hydrogens (tertiary/aromatic N) is 3. The smallest absolute Gasteiger partial charge is 0.269 e. The summed E-state index contributed by atoms with van der Waals surface area (Å²) in [6, 6.07) is 11.1. The summed E-state index contributed by atoms with van der Waals surface area (Å²) in [5, 5.41) is 7.92. The van der Waals surface area contributed by atoms with Crippen molar-refractivity contribution >= 4 is 16.7 Å².